The first-order valence-electron chi connectivity index (χ1n) is 11.5. The molecule has 4 rings (SSSR count). The van der Waals surface area contributed by atoms with Gasteiger partial charge in [-0.3, -0.25) is 14.2 Å². The third kappa shape index (κ3) is 5.34. The highest BCUT2D eigenvalue weighted by atomic mass is 16.7. The number of nitrogens with zero attached hydrogens (tertiary/aromatic N) is 2. The standard InChI is InChI=1S/C26H29N3O5/c1-26(2,33)34-24(31)21(18-8-6-7-9-18)19-14-12-17(13-15-19)16-29-23(30)22(27-28-25(29)32)20-10-4-3-5-11-20/h3-5,10-15,18,21,33H,6-9,16H2,1-2H3,(H,28,32). The predicted molar refractivity (Wildman–Crippen MR) is 127 cm³/mol. The Morgan fingerprint density at radius 3 is 2.38 bits per heavy atom. The van der Waals surface area contributed by atoms with E-state index in [1.165, 1.54) is 13.8 Å². The molecule has 178 valence electrons. The highest BCUT2D eigenvalue weighted by molar-refractivity contribution is 5.79. The zero-order valence-corrected chi connectivity index (χ0v) is 19.4. The van der Waals surface area contributed by atoms with E-state index in [9.17, 15) is 19.5 Å². The summed E-state index contributed by atoms with van der Waals surface area (Å²) in [4.78, 5) is 38.2. The molecule has 34 heavy (non-hydrogen) atoms. The number of ether oxygens (including phenoxy) is 1. The maximum atomic E-state index is 13.0. The molecule has 1 saturated carbocycles. The van der Waals surface area contributed by atoms with E-state index in [1.807, 2.05) is 30.3 Å². The van der Waals surface area contributed by atoms with Crippen LogP contribution >= 0.6 is 0 Å². The highest BCUT2D eigenvalue weighted by Crippen LogP contribution is 2.38. The van der Waals surface area contributed by atoms with Gasteiger partial charge in [-0.15, -0.1) is 0 Å². The molecule has 2 N–H and O–H groups in total. The van der Waals surface area contributed by atoms with Crippen LogP contribution in [-0.2, 0) is 16.1 Å². The lowest BCUT2D eigenvalue weighted by molar-refractivity contribution is -0.197. The molecule has 1 unspecified atom stereocenters. The minimum atomic E-state index is -1.55. The zero-order chi connectivity index (χ0) is 24.3. The minimum Gasteiger partial charge on any atom is -0.433 e. The molecule has 1 heterocycles. The van der Waals surface area contributed by atoms with Gasteiger partial charge in [-0.2, -0.15) is 5.10 Å². The molecule has 0 amide bonds. The molecule has 3 aromatic rings. The lowest BCUT2D eigenvalue weighted by atomic mass is 9.84. The maximum absolute atomic E-state index is 13.0. The number of aromatic amines is 1. The molecule has 1 fully saturated rings. The summed E-state index contributed by atoms with van der Waals surface area (Å²) in [5.41, 5.74) is 1.27. The van der Waals surface area contributed by atoms with Crippen molar-refractivity contribution in [1.29, 1.82) is 0 Å². The van der Waals surface area contributed by atoms with Crippen molar-refractivity contribution >= 4 is 5.97 Å². The number of carbonyl (C=O) groups excluding carboxylic acids is 1. The number of benzene rings is 2. The lowest BCUT2D eigenvalue weighted by Gasteiger charge is -2.26. The Labute approximate surface area is 197 Å². The summed E-state index contributed by atoms with van der Waals surface area (Å²) < 4.78 is 6.41. The van der Waals surface area contributed by atoms with Crippen molar-refractivity contribution in [3.63, 3.8) is 0 Å². The zero-order valence-electron chi connectivity index (χ0n) is 19.4. The van der Waals surface area contributed by atoms with Crippen molar-refractivity contribution < 1.29 is 14.6 Å². The summed E-state index contributed by atoms with van der Waals surface area (Å²) in [5, 5.41) is 16.3. The van der Waals surface area contributed by atoms with E-state index in [2.05, 4.69) is 10.2 Å². The number of carbonyl (C=O) groups is 1. The van der Waals surface area contributed by atoms with E-state index in [-0.39, 0.29) is 18.2 Å². The van der Waals surface area contributed by atoms with Gasteiger partial charge in [0.15, 0.2) is 5.69 Å². The fourth-order valence-electron chi connectivity index (χ4n) is 4.57. The molecule has 0 saturated heterocycles. The lowest BCUT2D eigenvalue weighted by Crippen LogP contribution is -2.37. The van der Waals surface area contributed by atoms with E-state index in [4.69, 9.17) is 4.74 Å². The molecule has 1 aliphatic rings. The number of nitrogens with one attached hydrogen (secondary N) is 1. The second kappa shape index (κ2) is 9.77. The quantitative estimate of drug-likeness (QED) is 0.411. The summed E-state index contributed by atoms with van der Waals surface area (Å²) in [7, 11) is 0. The number of hydrogen-bond acceptors (Lipinski definition) is 6. The van der Waals surface area contributed by atoms with Crippen molar-refractivity contribution in [1.82, 2.24) is 14.8 Å². The Hall–Kier alpha value is -3.52. The Bertz CT molecular complexity index is 1250. The van der Waals surface area contributed by atoms with Crippen molar-refractivity contribution in [2.45, 2.75) is 57.8 Å². The van der Waals surface area contributed by atoms with Gasteiger partial charge in [-0.05, 0) is 29.9 Å². The summed E-state index contributed by atoms with van der Waals surface area (Å²) in [5.74, 6) is -2.31. The third-order valence-electron chi connectivity index (χ3n) is 6.16. The normalized spacial score (nSPS) is 15.3. The van der Waals surface area contributed by atoms with Crippen LogP contribution in [0.4, 0.5) is 0 Å². The second-order valence-electron chi connectivity index (χ2n) is 9.27. The third-order valence-corrected chi connectivity index (χ3v) is 6.16. The van der Waals surface area contributed by atoms with Gasteiger partial charge in [0.1, 0.15) is 0 Å². The van der Waals surface area contributed by atoms with E-state index in [0.29, 0.717) is 5.56 Å². The molecule has 2 aromatic carbocycles. The van der Waals surface area contributed by atoms with Crippen molar-refractivity contribution in [2.24, 2.45) is 5.92 Å². The molecule has 0 radical (unpaired) electrons. The van der Waals surface area contributed by atoms with Crippen LogP contribution < -0.4 is 11.2 Å². The molecule has 0 bridgehead atoms. The smallest absolute Gasteiger partial charge is 0.345 e. The topological polar surface area (TPSA) is 114 Å². The number of aromatic nitrogens is 3. The average molecular weight is 464 g/mol. The fourth-order valence-corrected chi connectivity index (χ4v) is 4.57. The van der Waals surface area contributed by atoms with Gasteiger partial charge in [0, 0.05) is 19.4 Å². The Morgan fingerprint density at radius 2 is 1.76 bits per heavy atom. The van der Waals surface area contributed by atoms with Crippen molar-refractivity contribution in [3.05, 3.63) is 86.6 Å². The van der Waals surface area contributed by atoms with E-state index < -0.39 is 28.9 Å². The first kappa shape index (κ1) is 23.6. The maximum Gasteiger partial charge on any atom is 0.345 e. The van der Waals surface area contributed by atoms with Crippen LogP contribution in [0.15, 0.2) is 64.2 Å². The van der Waals surface area contributed by atoms with E-state index in [0.717, 1.165) is 41.4 Å². The summed E-state index contributed by atoms with van der Waals surface area (Å²) in [6.07, 6.45) is 3.98. The van der Waals surface area contributed by atoms with Crippen molar-refractivity contribution in [2.75, 3.05) is 0 Å². The molecular weight excluding hydrogens is 434 g/mol. The molecule has 8 heteroatoms. The number of rotatable bonds is 7. The van der Waals surface area contributed by atoms with E-state index in [1.54, 1.807) is 24.3 Å². The van der Waals surface area contributed by atoms with Gasteiger partial charge in [-0.1, -0.05) is 67.4 Å². The number of aliphatic hydroxyl groups is 1. The van der Waals surface area contributed by atoms with Crippen molar-refractivity contribution in [3.8, 4) is 11.3 Å². The Balaban J connectivity index is 1.61. The van der Waals surface area contributed by atoms with Crippen LogP contribution in [0, 0.1) is 5.92 Å². The first-order valence-corrected chi connectivity index (χ1v) is 11.5. The predicted octanol–water partition coefficient (Wildman–Crippen LogP) is 3.19. The molecule has 0 spiro atoms. The minimum absolute atomic E-state index is 0.0685. The van der Waals surface area contributed by atoms with E-state index >= 15 is 0 Å². The summed E-state index contributed by atoms with van der Waals surface area (Å²) in [6.45, 7) is 2.94. The number of hydrogen-bond donors (Lipinski definition) is 2. The molecule has 1 atom stereocenters. The Kier molecular flexibility index (Phi) is 6.79. The SMILES string of the molecule is CC(C)(O)OC(=O)C(c1ccc(Cn2c(=O)[nH]nc(-c3ccccc3)c2=O)cc1)C1CCCC1. The monoisotopic (exact) mass is 463 g/mol. The van der Waals surface area contributed by atoms with Crippen LogP contribution in [0.3, 0.4) is 0 Å². The second-order valence-corrected chi connectivity index (χ2v) is 9.27. The Morgan fingerprint density at radius 1 is 1.12 bits per heavy atom. The molecule has 1 aliphatic carbocycles. The van der Waals surface area contributed by atoms with Crippen LogP contribution in [0.1, 0.15) is 56.6 Å². The van der Waals surface area contributed by atoms with Gasteiger partial charge < -0.3 is 9.84 Å². The molecular formula is C26H29N3O5. The van der Waals surface area contributed by atoms with Gasteiger partial charge in [0.25, 0.3) is 5.56 Å². The number of H-pyrrole nitrogens is 1. The van der Waals surface area contributed by atoms with Gasteiger partial charge in [-0.25, -0.2) is 9.89 Å². The van der Waals surface area contributed by atoms with Gasteiger partial charge in [0.05, 0.1) is 12.5 Å². The van der Waals surface area contributed by atoms with Gasteiger partial charge >= 0.3 is 11.7 Å². The van der Waals surface area contributed by atoms with Gasteiger partial charge in [0.2, 0.25) is 5.79 Å². The largest absolute Gasteiger partial charge is 0.433 e. The number of esters is 1. The molecule has 8 nitrogen and oxygen atoms in total. The van der Waals surface area contributed by atoms with Crippen LogP contribution in [0.5, 0.6) is 0 Å². The molecule has 0 aliphatic heterocycles. The van der Waals surface area contributed by atoms with Crippen LogP contribution in [0.25, 0.3) is 11.3 Å². The van der Waals surface area contributed by atoms with Crippen LogP contribution in [0.2, 0.25) is 0 Å². The highest BCUT2D eigenvalue weighted by Gasteiger charge is 2.35. The van der Waals surface area contributed by atoms with Crippen LogP contribution in [-0.4, -0.2) is 31.6 Å². The average Bonchev–Trinajstić information content (AvgIpc) is 3.31. The molecule has 1 aromatic heterocycles. The first-order chi connectivity index (χ1) is 16.2. The summed E-state index contributed by atoms with van der Waals surface area (Å²) in [6, 6.07) is 16.2. The fraction of sp³-hybridized carbons (Fsp3) is 0.385. The summed E-state index contributed by atoms with van der Waals surface area (Å²) >= 11 is 0.